The van der Waals surface area contributed by atoms with Gasteiger partial charge in [0, 0.05) is 17.9 Å². The number of thiophene rings is 1. The standard InChI is InChI=1S/C22H22ClN5O3S2/c23-18-8-7-17(32-18)22-26-25-19(33-22)12-27-9-1-2-16(27)21(30)24-14-3-5-15(6-4-14)28-10-11-31-13-20(28)29/h3-8,16H,1-2,9-13H2,(H,24,30). The maximum Gasteiger partial charge on any atom is 0.253 e. The number of rotatable bonds is 6. The maximum atomic E-state index is 13.0. The number of ether oxygens (including phenoxy) is 1. The molecule has 1 N–H and O–H groups in total. The van der Waals surface area contributed by atoms with Crippen LogP contribution in [0.25, 0.3) is 9.88 Å². The zero-order valence-corrected chi connectivity index (χ0v) is 20.1. The molecule has 1 aromatic carbocycles. The molecule has 3 aromatic rings. The summed E-state index contributed by atoms with van der Waals surface area (Å²) in [5, 5.41) is 13.4. The van der Waals surface area contributed by atoms with Crippen molar-refractivity contribution in [1.82, 2.24) is 15.1 Å². The van der Waals surface area contributed by atoms with Crippen molar-refractivity contribution in [2.45, 2.75) is 25.4 Å². The van der Waals surface area contributed by atoms with Gasteiger partial charge in [0.25, 0.3) is 5.91 Å². The van der Waals surface area contributed by atoms with Crippen molar-refractivity contribution in [2.75, 3.05) is 36.5 Å². The second-order valence-corrected chi connectivity index (χ2v) is 10.6. The van der Waals surface area contributed by atoms with E-state index in [0.717, 1.165) is 44.3 Å². The fourth-order valence-corrected chi connectivity index (χ4v) is 6.03. The number of benzene rings is 1. The Kier molecular flexibility index (Phi) is 6.70. The van der Waals surface area contributed by atoms with Crippen LogP contribution >= 0.6 is 34.3 Å². The van der Waals surface area contributed by atoms with Crippen molar-refractivity contribution < 1.29 is 14.3 Å². The lowest BCUT2D eigenvalue weighted by Gasteiger charge is -2.27. The van der Waals surface area contributed by atoms with Gasteiger partial charge >= 0.3 is 0 Å². The zero-order valence-electron chi connectivity index (χ0n) is 17.7. The highest BCUT2D eigenvalue weighted by molar-refractivity contribution is 7.23. The molecule has 8 nitrogen and oxygen atoms in total. The third-order valence-corrected chi connectivity index (χ3v) is 8.00. The van der Waals surface area contributed by atoms with E-state index in [4.69, 9.17) is 16.3 Å². The largest absolute Gasteiger partial charge is 0.370 e. The zero-order chi connectivity index (χ0) is 22.8. The first-order valence-electron chi connectivity index (χ1n) is 10.7. The van der Waals surface area contributed by atoms with Crippen molar-refractivity contribution >= 4 is 57.5 Å². The number of nitrogens with one attached hydrogen (secondary N) is 1. The Morgan fingerprint density at radius 2 is 2.00 bits per heavy atom. The molecule has 0 radical (unpaired) electrons. The van der Waals surface area contributed by atoms with E-state index in [-0.39, 0.29) is 24.5 Å². The Morgan fingerprint density at radius 1 is 1.15 bits per heavy atom. The van der Waals surface area contributed by atoms with E-state index in [1.807, 2.05) is 36.4 Å². The fourth-order valence-electron chi connectivity index (χ4n) is 4.07. The first-order valence-corrected chi connectivity index (χ1v) is 12.7. The number of nitrogens with zero attached hydrogens (tertiary/aromatic N) is 4. The smallest absolute Gasteiger partial charge is 0.253 e. The highest BCUT2D eigenvalue weighted by atomic mass is 35.5. The predicted octanol–water partition coefficient (Wildman–Crippen LogP) is 3.89. The summed E-state index contributed by atoms with van der Waals surface area (Å²) >= 11 is 9.05. The molecule has 4 heterocycles. The number of hydrogen-bond donors (Lipinski definition) is 1. The first kappa shape index (κ1) is 22.4. The fraction of sp³-hybridized carbons (Fsp3) is 0.364. The summed E-state index contributed by atoms with van der Waals surface area (Å²) in [6.45, 7) is 2.60. The van der Waals surface area contributed by atoms with E-state index in [2.05, 4.69) is 20.4 Å². The number of likely N-dealkylation sites (tertiary alicyclic amines) is 1. The van der Waals surface area contributed by atoms with Crippen LogP contribution in [0.2, 0.25) is 4.34 Å². The van der Waals surface area contributed by atoms with Crippen LogP contribution in [0.1, 0.15) is 17.8 Å². The lowest BCUT2D eigenvalue weighted by atomic mass is 10.2. The van der Waals surface area contributed by atoms with Gasteiger partial charge in [-0.25, -0.2) is 0 Å². The summed E-state index contributed by atoms with van der Waals surface area (Å²) in [5.74, 6) is -0.0841. The van der Waals surface area contributed by atoms with Crippen LogP contribution in [0.5, 0.6) is 0 Å². The highest BCUT2D eigenvalue weighted by Crippen LogP contribution is 2.33. The molecule has 2 aliphatic heterocycles. The Morgan fingerprint density at radius 3 is 2.76 bits per heavy atom. The van der Waals surface area contributed by atoms with Crippen molar-refractivity contribution in [2.24, 2.45) is 0 Å². The average molecular weight is 504 g/mol. The molecule has 1 atom stereocenters. The molecule has 2 amide bonds. The Hall–Kier alpha value is -2.37. The molecule has 0 bridgehead atoms. The summed E-state index contributed by atoms with van der Waals surface area (Å²) in [6.07, 6.45) is 1.76. The quantitative estimate of drug-likeness (QED) is 0.549. The number of morpholine rings is 1. The van der Waals surface area contributed by atoms with Crippen LogP contribution in [0.4, 0.5) is 11.4 Å². The molecular weight excluding hydrogens is 482 g/mol. The molecule has 11 heteroatoms. The minimum Gasteiger partial charge on any atom is -0.370 e. The summed E-state index contributed by atoms with van der Waals surface area (Å²) in [6, 6.07) is 11.0. The molecule has 2 saturated heterocycles. The molecule has 5 rings (SSSR count). The van der Waals surface area contributed by atoms with Crippen molar-refractivity contribution in [3.63, 3.8) is 0 Å². The predicted molar refractivity (Wildman–Crippen MR) is 130 cm³/mol. The maximum absolute atomic E-state index is 13.0. The molecule has 2 aliphatic rings. The number of halogens is 1. The van der Waals surface area contributed by atoms with Crippen molar-refractivity contribution in [1.29, 1.82) is 0 Å². The number of anilines is 2. The van der Waals surface area contributed by atoms with Crippen LogP contribution < -0.4 is 10.2 Å². The molecule has 33 heavy (non-hydrogen) atoms. The summed E-state index contributed by atoms with van der Waals surface area (Å²) < 4.78 is 5.90. The second-order valence-electron chi connectivity index (χ2n) is 7.87. The Balaban J connectivity index is 1.20. The summed E-state index contributed by atoms with van der Waals surface area (Å²) in [5.41, 5.74) is 1.52. The normalized spacial score (nSPS) is 19.2. The van der Waals surface area contributed by atoms with Gasteiger partial charge in [-0.2, -0.15) is 0 Å². The number of hydrogen-bond acceptors (Lipinski definition) is 8. The molecule has 0 saturated carbocycles. The van der Waals surface area contributed by atoms with Gasteiger partial charge < -0.3 is 15.0 Å². The molecule has 2 aromatic heterocycles. The lowest BCUT2D eigenvalue weighted by Crippen LogP contribution is -2.41. The second kappa shape index (κ2) is 9.86. The monoisotopic (exact) mass is 503 g/mol. The topological polar surface area (TPSA) is 87.7 Å². The molecule has 2 fully saturated rings. The van der Waals surface area contributed by atoms with E-state index >= 15 is 0 Å². The van der Waals surface area contributed by atoms with E-state index in [1.54, 1.807) is 4.90 Å². The van der Waals surface area contributed by atoms with Gasteiger partial charge in [-0.15, -0.1) is 21.5 Å². The SMILES string of the molecule is O=C(Nc1ccc(N2CCOCC2=O)cc1)C1CCCN1Cc1nnc(-c2ccc(Cl)s2)s1. The van der Waals surface area contributed by atoms with Crippen molar-refractivity contribution in [3.05, 3.63) is 45.7 Å². The van der Waals surface area contributed by atoms with E-state index < -0.39 is 0 Å². The van der Waals surface area contributed by atoms with Crippen LogP contribution in [0, 0.1) is 0 Å². The number of carbonyl (C=O) groups excluding carboxylic acids is 2. The molecule has 0 spiro atoms. The number of amides is 2. The molecule has 0 aliphatic carbocycles. The Bertz CT molecular complexity index is 1150. The highest BCUT2D eigenvalue weighted by Gasteiger charge is 2.31. The number of carbonyl (C=O) groups is 2. The van der Waals surface area contributed by atoms with Gasteiger partial charge in [-0.1, -0.05) is 22.9 Å². The molecule has 1 unspecified atom stereocenters. The minimum absolute atomic E-state index is 0.0301. The molecular formula is C22H22ClN5O3S2. The van der Waals surface area contributed by atoms with Gasteiger partial charge in [-0.3, -0.25) is 14.5 Å². The number of aromatic nitrogens is 2. The third kappa shape index (κ3) is 5.10. The van der Waals surface area contributed by atoms with Gasteiger partial charge in [0.15, 0.2) is 5.01 Å². The van der Waals surface area contributed by atoms with E-state index in [1.165, 1.54) is 22.7 Å². The first-order chi connectivity index (χ1) is 16.1. The van der Waals surface area contributed by atoms with Gasteiger partial charge in [0.2, 0.25) is 5.91 Å². The van der Waals surface area contributed by atoms with Gasteiger partial charge in [-0.05, 0) is 55.8 Å². The van der Waals surface area contributed by atoms with Crippen LogP contribution in [0.3, 0.4) is 0 Å². The Labute approximate surface area is 204 Å². The average Bonchev–Trinajstić information content (AvgIpc) is 3.56. The lowest BCUT2D eigenvalue weighted by molar-refractivity contribution is -0.125. The minimum atomic E-state index is -0.214. The summed E-state index contributed by atoms with van der Waals surface area (Å²) in [4.78, 5) is 29.9. The van der Waals surface area contributed by atoms with Crippen LogP contribution in [-0.2, 0) is 20.9 Å². The summed E-state index contributed by atoms with van der Waals surface area (Å²) in [7, 11) is 0. The van der Waals surface area contributed by atoms with Crippen molar-refractivity contribution in [3.8, 4) is 9.88 Å². The van der Waals surface area contributed by atoms with Crippen LogP contribution in [0.15, 0.2) is 36.4 Å². The van der Waals surface area contributed by atoms with Crippen LogP contribution in [-0.4, -0.2) is 59.3 Å². The van der Waals surface area contributed by atoms with E-state index in [0.29, 0.717) is 25.4 Å². The molecule has 172 valence electrons. The van der Waals surface area contributed by atoms with Gasteiger partial charge in [0.05, 0.1) is 28.4 Å². The van der Waals surface area contributed by atoms with E-state index in [9.17, 15) is 9.59 Å². The third-order valence-electron chi connectivity index (χ3n) is 5.69. The van der Waals surface area contributed by atoms with Gasteiger partial charge in [0.1, 0.15) is 11.6 Å².